The van der Waals surface area contributed by atoms with Gasteiger partial charge >= 0.3 is 0 Å². The average molecular weight is 302 g/mol. The number of rotatable bonds is 0. The second kappa shape index (κ2) is 8.00. The lowest BCUT2D eigenvalue weighted by Crippen LogP contribution is -2.19. The minimum absolute atomic E-state index is 0.329. The molecule has 0 bridgehead atoms. The molecule has 6 N–H and O–H groups in total. The van der Waals surface area contributed by atoms with Crippen molar-refractivity contribution in [3.8, 4) is 0 Å². The van der Waals surface area contributed by atoms with Gasteiger partial charge in [0.2, 0.25) is 0 Å². The molecule has 1 aromatic rings. The minimum Gasteiger partial charge on any atom is -0.399 e. The van der Waals surface area contributed by atoms with Gasteiger partial charge in [0.15, 0.2) is 0 Å². The van der Waals surface area contributed by atoms with Crippen molar-refractivity contribution in [2.75, 3.05) is 11.5 Å². The molecule has 0 atom stereocenters. The van der Waals surface area contributed by atoms with Gasteiger partial charge in [0, 0.05) is 35.7 Å². The summed E-state index contributed by atoms with van der Waals surface area (Å²) < 4.78 is 0. The number of carbonyl (C=O) groups is 4. The van der Waals surface area contributed by atoms with E-state index in [9.17, 15) is 19.2 Å². The van der Waals surface area contributed by atoms with E-state index < -0.39 is 0 Å². The number of carbonyl (C=O) groups excluding carboxylic acids is 4. The van der Waals surface area contributed by atoms with Gasteiger partial charge < -0.3 is 11.5 Å². The third kappa shape index (κ3) is 6.66. The largest absolute Gasteiger partial charge is 0.399 e. The van der Waals surface area contributed by atoms with Crippen LogP contribution < -0.4 is 22.1 Å². The van der Waals surface area contributed by atoms with Crippen molar-refractivity contribution in [2.24, 2.45) is 0 Å². The molecule has 8 heteroatoms. The predicted octanol–water partition coefficient (Wildman–Crippen LogP) is -0.751. The van der Waals surface area contributed by atoms with Gasteiger partial charge in [-0.15, -0.1) is 0 Å². The summed E-state index contributed by atoms with van der Waals surface area (Å²) in [6.07, 6.45) is 4.79. The monoisotopic (exact) mass is 302 g/mol. The molecule has 2 aliphatic rings. The molecule has 2 aliphatic heterocycles. The molecule has 1 aromatic carbocycles. The Balaban J connectivity index is 0.000000166. The fourth-order valence-electron chi connectivity index (χ4n) is 1.27. The van der Waals surface area contributed by atoms with Gasteiger partial charge in [0.05, 0.1) is 0 Å². The Hall–Kier alpha value is -3.42. The summed E-state index contributed by atoms with van der Waals surface area (Å²) in [6, 6.07) is 7.15. The lowest BCUT2D eigenvalue weighted by atomic mass is 10.3. The predicted molar refractivity (Wildman–Crippen MR) is 79.8 cm³/mol. The number of nitrogens with two attached hydrogens (primary N) is 2. The molecular weight excluding hydrogens is 288 g/mol. The number of anilines is 2. The molecule has 8 nitrogen and oxygen atoms in total. The van der Waals surface area contributed by atoms with Crippen LogP contribution in [0.15, 0.2) is 48.6 Å². The quantitative estimate of drug-likeness (QED) is 0.366. The maximum absolute atomic E-state index is 10.0. The topological polar surface area (TPSA) is 144 Å². The second-order valence-electron chi connectivity index (χ2n) is 4.04. The summed E-state index contributed by atoms with van der Waals surface area (Å²) in [6.45, 7) is 0. The molecule has 0 unspecified atom stereocenters. The number of nitrogens with one attached hydrogen (secondary N) is 2. The molecule has 0 saturated carbocycles. The first-order valence-electron chi connectivity index (χ1n) is 6.04. The van der Waals surface area contributed by atoms with E-state index in [-0.39, 0.29) is 23.6 Å². The Kier molecular flexibility index (Phi) is 6.05. The van der Waals surface area contributed by atoms with Gasteiger partial charge in [-0.05, 0) is 18.2 Å². The molecule has 4 amide bonds. The van der Waals surface area contributed by atoms with Gasteiger partial charge in [-0.2, -0.15) is 0 Å². The Labute approximate surface area is 125 Å². The van der Waals surface area contributed by atoms with Crippen LogP contribution >= 0.6 is 0 Å². The molecule has 0 fully saturated rings. The van der Waals surface area contributed by atoms with Crippen molar-refractivity contribution in [3.05, 3.63) is 48.6 Å². The molecule has 3 rings (SSSR count). The highest BCUT2D eigenvalue weighted by molar-refractivity contribution is 6.13. The third-order valence-corrected chi connectivity index (χ3v) is 2.18. The maximum atomic E-state index is 10.0. The zero-order valence-electron chi connectivity index (χ0n) is 11.4. The fraction of sp³-hybridized carbons (Fsp3) is 0. The second-order valence-corrected chi connectivity index (χ2v) is 4.04. The normalized spacial score (nSPS) is 14.5. The summed E-state index contributed by atoms with van der Waals surface area (Å²) in [4.78, 5) is 40.1. The van der Waals surface area contributed by atoms with Crippen molar-refractivity contribution >= 4 is 35.0 Å². The smallest absolute Gasteiger partial charge is 0.250 e. The first-order chi connectivity index (χ1) is 10.4. The van der Waals surface area contributed by atoms with Crippen LogP contribution in [0.2, 0.25) is 0 Å². The van der Waals surface area contributed by atoms with Crippen LogP contribution in [0.5, 0.6) is 0 Å². The van der Waals surface area contributed by atoms with E-state index in [0.717, 1.165) is 0 Å². The Morgan fingerprint density at radius 2 is 0.955 bits per heavy atom. The molecule has 0 spiro atoms. The van der Waals surface area contributed by atoms with E-state index in [2.05, 4.69) is 0 Å². The molecule has 0 aliphatic carbocycles. The number of hydrogen-bond acceptors (Lipinski definition) is 6. The first-order valence-corrected chi connectivity index (χ1v) is 6.04. The highest BCUT2D eigenvalue weighted by atomic mass is 16.2. The zero-order chi connectivity index (χ0) is 16.5. The Morgan fingerprint density at radius 1 is 0.636 bits per heavy atom. The van der Waals surface area contributed by atoms with Crippen LogP contribution in [0.3, 0.4) is 0 Å². The third-order valence-electron chi connectivity index (χ3n) is 2.18. The zero-order valence-corrected chi connectivity index (χ0v) is 11.4. The first kappa shape index (κ1) is 16.6. The van der Waals surface area contributed by atoms with Crippen LogP contribution in [-0.2, 0) is 19.2 Å². The fourth-order valence-corrected chi connectivity index (χ4v) is 1.27. The van der Waals surface area contributed by atoms with Gasteiger partial charge in [0.1, 0.15) is 0 Å². The SMILES string of the molecule is Nc1cccc(N)c1.O=C1C=CC(=O)N1.O=C1C=CC(=O)N1. The number of amides is 4. The Morgan fingerprint density at radius 3 is 1.09 bits per heavy atom. The van der Waals surface area contributed by atoms with Crippen molar-refractivity contribution in [1.82, 2.24) is 10.6 Å². The van der Waals surface area contributed by atoms with E-state index in [0.29, 0.717) is 11.4 Å². The lowest BCUT2D eigenvalue weighted by Gasteiger charge is -1.91. The molecule has 0 saturated heterocycles. The van der Waals surface area contributed by atoms with Crippen molar-refractivity contribution < 1.29 is 19.2 Å². The molecule has 2 heterocycles. The van der Waals surface area contributed by atoms with E-state index in [1.165, 1.54) is 24.3 Å². The standard InChI is InChI=1S/C6H8N2.2C4H3NO2/c7-5-2-1-3-6(8)4-5;2*6-3-1-2-4(7)5-3/h1-4H,7-8H2;2*1-2H,(H,5,6,7). The number of hydrogen-bond donors (Lipinski definition) is 4. The number of nitrogen functional groups attached to an aromatic ring is 2. The van der Waals surface area contributed by atoms with E-state index in [1.54, 1.807) is 18.2 Å². The van der Waals surface area contributed by atoms with Crippen LogP contribution in [0.25, 0.3) is 0 Å². The summed E-state index contributed by atoms with van der Waals surface area (Å²) in [5.41, 5.74) is 12.2. The molecular formula is C14H14N4O4. The van der Waals surface area contributed by atoms with E-state index in [1.807, 2.05) is 16.7 Å². The maximum Gasteiger partial charge on any atom is 0.250 e. The van der Waals surface area contributed by atoms with Gasteiger partial charge in [-0.25, -0.2) is 0 Å². The van der Waals surface area contributed by atoms with E-state index in [4.69, 9.17) is 11.5 Å². The van der Waals surface area contributed by atoms with Crippen LogP contribution in [0, 0.1) is 0 Å². The van der Waals surface area contributed by atoms with Crippen LogP contribution in [0.1, 0.15) is 0 Å². The molecule has 0 aromatic heterocycles. The van der Waals surface area contributed by atoms with Crippen LogP contribution in [-0.4, -0.2) is 23.6 Å². The highest BCUT2D eigenvalue weighted by Gasteiger charge is 2.07. The van der Waals surface area contributed by atoms with E-state index >= 15 is 0 Å². The van der Waals surface area contributed by atoms with Crippen molar-refractivity contribution in [2.45, 2.75) is 0 Å². The minimum atomic E-state index is -0.329. The van der Waals surface area contributed by atoms with Crippen LogP contribution in [0.4, 0.5) is 11.4 Å². The number of imide groups is 2. The average Bonchev–Trinajstić information content (AvgIpc) is 2.99. The van der Waals surface area contributed by atoms with Crippen molar-refractivity contribution in [1.29, 1.82) is 0 Å². The summed E-state index contributed by atoms with van der Waals surface area (Å²) in [7, 11) is 0. The van der Waals surface area contributed by atoms with Crippen molar-refractivity contribution in [3.63, 3.8) is 0 Å². The summed E-state index contributed by atoms with van der Waals surface area (Å²) >= 11 is 0. The Bertz CT molecular complexity index is 579. The van der Waals surface area contributed by atoms with Gasteiger partial charge in [0.25, 0.3) is 23.6 Å². The number of benzene rings is 1. The van der Waals surface area contributed by atoms with Gasteiger partial charge in [-0.1, -0.05) is 6.07 Å². The molecule has 22 heavy (non-hydrogen) atoms. The molecule has 114 valence electrons. The summed E-state index contributed by atoms with van der Waals surface area (Å²) in [5, 5.41) is 4.06. The summed E-state index contributed by atoms with van der Waals surface area (Å²) in [5.74, 6) is -1.31. The highest BCUT2D eigenvalue weighted by Crippen LogP contribution is 2.06. The lowest BCUT2D eigenvalue weighted by molar-refractivity contribution is -0.125. The molecule has 0 radical (unpaired) electrons. The van der Waals surface area contributed by atoms with Gasteiger partial charge in [-0.3, -0.25) is 29.8 Å².